The lowest BCUT2D eigenvalue weighted by Gasteiger charge is -2.30. The average Bonchev–Trinajstić information content (AvgIpc) is 2.21. The van der Waals surface area contributed by atoms with Crippen molar-refractivity contribution in [1.29, 1.82) is 0 Å². The first-order valence-corrected chi connectivity index (χ1v) is 8.05. The van der Waals surface area contributed by atoms with E-state index in [1.807, 2.05) is 0 Å². The fourth-order valence-electron chi connectivity index (χ4n) is 1.58. The smallest absolute Gasteiger partial charge is 0.250 e. The summed E-state index contributed by atoms with van der Waals surface area (Å²) in [5, 5.41) is 0. The standard InChI is InChI=1S/C11H24OSi/c1-6-11(7-2)12-13(8-3,9-4)10-5/h6H,7-10H2,1-5H3/b11-6+. The van der Waals surface area contributed by atoms with Crippen LogP contribution in [0.1, 0.15) is 41.0 Å². The summed E-state index contributed by atoms with van der Waals surface area (Å²) in [6.45, 7) is 11.0. The fourth-order valence-corrected chi connectivity index (χ4v) is 4.33. The highest BCUT2D eigenvalue weighted by atomic mass is 28.4. The van der Waals surface area contributed by atoms with Gasteiger partial charge in [-0.1, -0.05) is 33.8 Å². The lowest BCUT2D eigenvalue weighted by atomic mass is 10.4. The summed E-state index contributed by atoms with van der Waals surface area (Å²) in [6.07, 6.45) is 3.15. The molecule has 0 aromatic heterocycles. The molecule has 78 valence electrons. The molecule has 2 heteroatoms. The molecule has 1 nitrogen and oxygen atoms in total. The van der Waals surface area contributed by atoms with Crippen LogP contribution in [0.4, 0.5) is 0 Å². The van der Waals surface area contributed by atoms with Gasteiger partial charge in [-0.05, 0) is 25.1 Å². The molecule has 0 aliphatic carbocycles. The number of hydrogen-bond donors (Lipinski definition) is 0. The van der Waals surface area contributed by atoms with Gasteiger partial charge in [-0.25, -0.2) is 0 Å². The van der Waals surface area contributed by atoms with Crippen molar-refractivity contribution in [3.8, 4) is 0 Å². The minimum Gasteiger partial charge on any atom is -0.547 e. The van der Waals surface area contributed by atoms with Crippen molar-refractivity contribution in [2.75, 3.05) is 0 Å². The highest BCUT2D eigenvalue weighted by Gasteiger charge is 2.30. The third kappa shape index (κ3) is 3.55. The van der Waals surface area contributed by atoms with Crippen molar-refractivity contribution < 1.29 is 4.43 Å². The Morgan fingerprint density at radius 2 is 1.54 bits per heavy atom. The van der Waals surface area contributed by atoms with E-state index < -0.39 is 8.32 Å². The van der Waals surface area contributed by atoms with Gasteiger partial charge in [0.1, 0.15) is 0 Å². The second kappa shape index (κ2) is 6.25. The molecule has 0 rings (SSSR count). The second-order valence-electron chi connectivity index (χ2n) is 3.45. The number of rotatable bonds is 6. The maximum absolute atomic E-state index is 6.18. The molecule has 0 aliphatic heterocycles. The first kappa shape index (κ1) is 12.8. The first-order chi connectivity index (χ1) is 6.17. The fraction of sp³-hybridized carbons (Fsp3) is 0.818. The summed E-state index contributed by atoms with van der Waals surface area (Å²) in [4.78, 5) is 0. The zero-order valence-corrected chi connectivity index (χ0v) is 10.8. The van der Waals surface area contributed by atoms with E-state index in [-0.39, 0.29) is 0 Å². The van der Waals surface area contributed by atoms with E-state index >= 15 is 0 Å². The molecule has 13 heavy (non-hydrogen) atoms. The van der Waals surface area contributed by atoms with Crippen molar-refractivity contribution in [3.63, 3.8) is 0 Å². The number of hydrogen-bond acceptors (Lipinski definition) is 1. The Morgan fingerprint density at radius 3 is 1.77 bits per heavy atom. The molecule has 0 N–H and O–H groups in total. The predicted molar refractivity (Wildman–Crippen MR) is 62.3 cm³/mol. The molecule has 0 aliphatic rings. The highest BCUT2D eigenvalue weighted by molar-refractivity contribution is 6.73. The maximum atomic E-state index is 6.18. The lowest BCUT2D eigenvalue weighted by Crippen LogP contribution is -2.35. The third-order valence-electron chi connectivity index (χ3n) is 2.95. The van der Waals surface area contributed by atoms with Crippen LogP contribution in [0.15, 0.2) is 11.8 Å². The molecule has 0 heterocycles. The Balaban J connectivity index is 4.40. The molecule has 0 saturated carbocycles. The van der Waals surface area contributed by atoms with Gasteiger partial charge in [0.25, 0.3) is 0 Å². The van der Waals surface area contributed by atoms with Gasteiger partial charge in [0.05, 0.1) is 5.76 Å². The van der Waals surface area contributed by atoms with Gasteiger partial charge in [-0.3, -0.25) is 0 Å². The molecule has 0 saturated heterocycles. The van der Waals surface area contributed by atoms with Crippen LogP contribution >= 0.6 is 0 Å². The summed E-state index contributed by atoms with van der Waals surface area (Å²) in [5.41, 5.74) is 0. The second-order valence-corrected chi connectivity index (χ2v) is 8.15. The Kier molecular flexibility index (Phi) is 6.13. The minimum atomic E-state index is -1.39. The molecule has 0 spiro atoms. The molecule has 0 atom stereocenters. The van der Waals surface area contributed by atoms with Crippen molar-refractivity contribution in [1.82, 2.24) is 0 Å². The van der Waals surface area contributed by atoms with E-state index in [9.17, 15) is 0 Å². The van der Waals surface area contributed by atoms with Crippen LogP contribution in [0.5, 0.6) is 0 Å². The third-order valence-corrected chi connectivity index (χ3v) is 7.51. The summed E-state index contributed by atoms with van der Waals surface area (Å²) in [7, 11) is -1.39. The molecular formula is C11H24OSi. The van der Waals surface area contributed by atoms with Crippen LogP contribution < -0.4 is 0 Å². The van der Waals surface area contributed by atoms with Crippen LogP contribution in [0.25, 0.3) is 0 Å². The summed E-state index contributed by atoms with van der Waals surface area (Å²) in [6, 6.07) is 3.70. The zero-order chi connectivity index (χ0) is 10.3. The van der Waals surface area contributed by atoms with Gasteiger partial charge in [-0.15, -0.1) is 0 Å². The van der Waals surface area contributed by atoms with Crippen molar-refractivity contribution >= 4 is 8.32 Å². The summed E-state index contributed by atoms with van der Waals surface area (Å²) < 4.78 is 6.18. The molecule has 0 radical (unpaired) electrons. The van der Waals surface area contributed by atoms with Gasteiger partial charge >= 0.3 is 0 Å². The average molecular weight is 200 g/mol. The van der Waals surface area contributed by atoms with Crippen LogP contribution in [0.2, 0.25) is 18.1 Å². The molecule has 0 amide bonds. The number of allylic oxidation sites excluding steroid dienone is 2. The van der Waals surface area contributed by atoms with E-state index in [1.54, 1.807) is 0 Å². The quantitative estimate of drug-likeness (QED) is 0.458. The topological polar surface area (TPSA) is 9.23 Å². The Hall–Kier alpha value is -0.243. The van der Waals surface area contributed by atoms with E-state index in [2.05, 4.69) is 40.7 Å². The van der Waals surface area contributed by atoms with Gasteiger partial charge in [-0.2, -0.15) is 0 Å². The zero-order valence-electron chi connectivity index (χ0n) is 9.81. The van der Waals surface area contributed by atoms with Crippen LogP contribution in [0, 0.1) is 0 Å². The lowest BCUT2D eigenvalue weighted by molar-refractivity contribution is 0.388. The first-order valence-electron chi connectivity index (χ1n) is 5.52. The van der Waals surface area contributed by atoms with Gasteiger partial charge in [0.15, 0.2) is 0 Å². The predicted octanol–water partition coefficient (Wildman–Crippen LogP) is 4.32. The Morgan fingerprint density at radius 1 is 1.08 bits per heavy atom. The van der Waals surface area contributed by atoms with E-state index in [4.69, 9.17) is 4.43 Å². The maximum Gasteiger partial charge on any atom is 0.250 e. The van der Waals surface area contributed by atoms with Crippen molar-refractivity contribution in [2.24, 2.45) is 0 Å². The SMILES string of the molecule is C/C=C(\CC)O[Si](CC)(CC)CC. The monoisotopic (exact) mass is 200 g/mol. The van der Waals surface area contributed by atoms with E-state index in [0.717, 1.165) is 6.42 Å². The molecule has 0 aromatic rings. The molecule has 0 fully saturated rings. The van der Waals surface area contributed by atoms with Gasteiger partial charge < -0.3 is 4.43 Å². The molecule has 0 unspecified atom stereocenters. The summed E-state index contributed by atoms with van der Waals surface area (Å²) in [5.74, 6) is 1.19. The normalized spacial score (nSPS) is 13.2. The van der Waals surface area contributed by atoms with Gasteiger partial charge in [0.2, 0.25) is 8.32 Å². The highest BCUT2D eigenvalue weighted by Crippen LogP contribution is 2.25. The van der Waals surface area contributed by atoms with Gasteiger partial charge in [0, 0.05) is 6.42 Å². The van der Waals surface area contributed by atoms with E-state index in [0.29, 0.717) is 0 Å². The Bertz CT molecular complexity index is 151. The minimum absolute atomic E-state index is 1.03. The molecule has 0 aromatic carbocycles. The van der Waals surface area contributed by atoms with Crippen LogP contribution in [0.3, 0.4) is 0 Å². The van der Waals surface area contributed by atoms with Crippen LogP contribution in [-0.2, 0) is 4.43 Å². The van der Waals surface area contributed by atoms with Crippen molar-refractivity contribution in [3.05, 3.63) is 11.8 Å². The summed E-state index contributed by atoms with van der Waals surface area (Å²) >= 11 is 0. The largest absolute Gasteiger partial charge is 0.547 e. The Labute approximate surface area is 84.3 Å². The van der Waals surface area contributed by atoms with Crippen LogP contribution in [-0.4, -0.2) is 8.32 Å². The van der Waals surface area contributed by atoms with Crippen molar-refractivity contribution in [2.45, 2.75) is 59.2 Å². The van der Waals surface area contributed by atoms with E-state index in [1.165, 1.54) is 23.9 Å². The molecular weight excluding hydrogens is 176 g/mol. The molecule has 0 bridgehead atoms.